The lowest BCUT2D eigenvalue weighted by atomic mass is 9.97. The molecule has 3 nitrogen and oxygen atoms in total. The quantitative estimate of drug-likeness (QED) is 0.855. The van der Waals surface area contributed by atoms with E-state index in [4.69, 9.17) is 4.42 Å². The number of carbonyl (C=O) groups is 1. The maximum atomic E-state index is 12.4. The molecule has 0 saturated carbocycles. The summed E-state index contributed by atoms with van der Waals surface area (Å²) in [4.78, 5) is 14.4. The summed E-state index contributed by atoms with van der Waals surface area (Å²) in [5.41, 5.74) is 1.23. The first-order valence-corrected chi connectivity index (χ1v) is 7.60. The third kappa shape index (κ3) is 3.18. The van der Waals surface area contributed by atoms with Crippen molar-refractivity contribution in [3.8, 4) is 0 Å². The standard InChI is InChI=1S/C18H21NO2/c1-14(15-6-3-2-4-7-15)12-18(20)19-10-9-16(13-19)17-8-5-11-21-17/h2-8,11,14,16H,9-10,12-13H2,1H3. The monoisotopic (exact) mass is 283 g/mol. The fraction of sp³-hybridized carbons (Fsp3) is 0.389. The van der Waals surface area contributed by atoms with Crippen LogP contribution in [0, 0.1) is 0 Å². The van der Waals surface area contributed by atoms with Crippen LogP contribution in [0.4, 0.5) is 0 Å². The molecule has 1 aromatic heterocycles. The number of amides is 1. The zero-order valence-electron chi connectivity index (χ0n) is 12.4. The molecule has 0 N–H and O–H groups in total. The first-order chi connectivity index (χ1) is 10.2. The summed E-state index contributed by atoms with van der Waals surface area (Å²) in [7, 11) is 0. The van der Waals surface area contributed by atoms with Gasteiger partial charge in [0.25, 0.3) is 0 Å². The zero-order chi connectivity index (χ0) is 14.7. The van der Waals surface area contributed by atoms with Crippen LogP contribution in [0.2, 0.25) is 0 Å². The van der Waals surface area contributed by atoms with E-state index in [1.54, 1.807) is 6.26 Å². The summed E-state index contributed by atoms with van der Waals surface area (Å²) in [6, 6.07) is 14.2. The van der Waals surface area contributed by atoms with E-state index in [0.29, 0.717) is 12.3 Å². The number of hydrogen-bond acceptors (Lipinski definition) is 2. The maximum Gasteiger partial charge on any atom is 0.223 e. The van der Waals surface area contributed by atoms with Crippen molar-refractivity contribution in [3.05, 3.63) is 60.1 Å². The molecule has 1 saturated heterocycles. The van der Waals surface area contributed by atoms with E-state index < -0.39 is 0 Å². The van der Waals surface area contributed by atoms with Crippen molar-refractivity contribution in [1.82, 2.24) is 4.90 Å². The van der Waals surface area contributed by atoms with Gasteiger partial charge in [0.1, 0.15) is 5.76 Å². The predicted molar refractivity (Wildman–Crippen MR) is 82.1 cm³/mol. The van der Waals surface area contributed by atoms with Crippen molar-refractivity contribution < 1.29 is 9.21 Å². The van der Waals surface area contributed by atoms with Crippen LogP contribution in [0.15, 0.2) is 53.1 Å². The van der Waals surface area contributed by atoms with Crippen LogP contribution in [0.1, 0.15) is 42.9 Å². The first kappa shape index (κ1) is 13.9. The minimum atomic E-state index is 0.250. The van der Waals surface area contributed by atoms with E-state index in [1.165, 1.54) is 5.56 Å². The fourth-order valence-corrected chi connectivity index (χ4v) is 3.03. The van der Waals surface area contributed by atoms with Crippen LogP contribution < -0.4 is 0 Å². The molecule has 3 rings (SSSR count). The third-order valence-corrected chi connectivity index (χ3v) is 4.34. The van der Waals surface area contributed by atoms with Crippen molar-refractivity contribution in [1.29, 1.82) is 0 Å². The summed E-state index contributed by atoms with van der Waals surface area (Å²) in [5, 5.41) is 0. The third-order valence-electron chi connectivity index (χ3n) is 4.34. The maximum absolute atomic E-state index is 12.4. The van der Waals surface area contributed by atoms with Crippen LogP contribution in [-0.2, 0) is 4.79 Å². The van der Waals surface area contributed by atoms with Gasteiger partial charge >= 0.3 is 0 Å². The Bertz CT molecular complexity index is 577. The molecule has 1 aromatic carbocycles. The average molecular weight is 283 g/mol. The van der Waals surface area contributed by atoms with Gasteiger partial charge in [0, 0.05) is 25.4 Å². The molecule has 3 heteroatoms. The fourth-order valence-electron chi connectivity index (χ4n) is 3.03. The van der Waals surface area contributed by atoms with E-state index >= 15 is 0 Å². The summed E-state index contributed by atoms with van der Waals surface area (Å²) in [6.45, 7) is 3.74. The number of benzene rings is 1. The Kier molecular flexibility index (Phi) is 4.09. The molecule has 110 valence electrons. The lowest BCUT2D eigenvalue weighted by Gasteiger charge is -2.19. The van der Waals surface area contributed by atoms with Crippen molar-refractivity contribution in [2.24, 2.45) is 0 Å². The highest BCUT2D eigenvalue weighted by atomic mass is 16.3. The SMILES string of the molecule is CC(CC(=O)N1CCC(c2ccco2)C1)c1ccccc1. The molecule has 2 unspecified atom stereocenters. The Morgan fingerprint density at radius 3 is 2.81 bits per heavy atom. The van der Waals surface area contributed by atoms with Gasteiger partial charge in [-0.3, -0.25) is 4.79 Å². The highest BCUT2D eigenvalue weighted by Gasteiger charge is 2.29. The van der Waals surface area contributed by atoms with Gasteiger partial charge < -0.3 is 9.32 Å². The van der Waals surface area contributed by atoms with E-state index in [-0.39, 0.29) is 11.8 Å². The van der Waals surface area contributed by atoms with Gasteiger partial charge in [0.05, 0.1) is 6.26 Å². The second-order valence-corrected chi connectivity index (χ2v) is 5.86. The van der Waals surface area contributed by atoms with Crippen molar-refractivity contribution in [2.75, 3.05) is 13.1 Å². The Hall–Kier alpha value is -2.03. The summed E-state index contributed by atoms with van der Waals surface area (Å²) in [6.07, 6.45) is 3.28. The van der Waals surface area contributed by atoms with Gasteiger partial charge in [-0.15, -0.1) is 0 Å². The largest absolute Gasteiger partial charge is 0.469 e. The van der Waals surface area contributed by atoms with Crippen LogP contribution >= 0.6 is 0 Å². The van der Waals surface area contributed by atoms with Crippen LogP contribution in [-0.4, -0.2) is 23.9 Å². The average Bonchev–Trinajstić information content (AvgIpc) is 3.19. The summed E-state index contributed by atoms with van der Waals surface area (Å²) < 4.78 is 5.46. The molecule has 0 radical (unpaired) electrons. The summed E-state index contributed by atoms with van der Waals surface area (Å²) in [5.74, 6) is 1.87. The number of hydrogen-bond donors (Lipinski definition) is 0. The smallest absolute Gasteiger partial charge is 0.223 e. The van der Waals surface area contributed by atoms with Crippen LogP contribution in [0.3, 0.4) is 0 Å². The number of nitrogens with zero attached hydrogens (tertiary/aromatic N) is 1. The van der Waals surface area contributed by atoms with Gasteiger partial charge in [0.2, 0.25) is 5.91 Å². The van der Waals surface area contributed by atoms with Crippen molar-refractivity contribution in [3.63, 3.8) is 0 Å². The molecule has 1 aliphatic rings. The molecule has 2 aromatic rings. The minimum absolute atomic E-state index is 0.250. The van der Waals surface area contributed by atoms with Gasteiger partial charge in [-0.25, -0.2) is 0 Å². The molecule has 1 amide bonds. The van der Waals surface area contributed by atoms with Crippen molar-refractivity contribution in [2.45, 2.75) is 31.6 Å². The highest BCUT2D eigenvalue weighted by Crippen LogP contribution is 2.29. The Labute approximate surface area is 125 Å². The number of likely N-dealkylation sites (tertiary alicyclic amines) is 1. The molecule has 2 heterocycles. The molecular weight excluding hydrogens is 262 g/mol. The lowest BCUT2D eigenvalue weighted by molar-refractivity contribution is -0.130. The number of furan rings is 1. The molecule has 2 atom stereocenters. The molecule has 1 fully saturated rings. The first-order valence-electron chi connectivity index (χ1n) is 7.60. The van der Waals surface area contributed by atoms with Crippen LogP contribution in [0.25, 0.3) is 0 Å². The Morgan fingerprint density at radius 2 is 2.10 bits per heavy atom. The second-order valence-electron chi connectivity index (χ2n) is 5.86. The highest BCUT2D eigenvalue weighted by molar-refractivity contribution is 5.77. The topological polar surface area (TPSA) is 33.5 Å². The Balaban J connectivity index is 1.57. The number of rotatable bonds is 4. The molecule has 0 bridgehead atoms. The van der Waals surface area contributed by atoms with Gasteiger partial charge in [0.15, 0.2) is 0 Å². The molecule has 21 heavy (non-hydrogen) atoms. The van der Waals surface area contributed by atoms with E-state index in [1.807, 2.05) is 35.2 Å². The zero-order valence-corrected chi connectivity index (χ0v) is 12.4. The molecular formula is C18H21NO2. The second kappa shape index (κ2) is 6.17. The predicted octanol–water partition coefficient (Wildman–Crippen LogP) is 3.79. The lowest BCUT2D eigenvalue weighted by Crippen LogP contribution is -2.29. The van der Waals surface area contributed by atoms with E-state index in [0.717, 1.165) is 25.3 Å². The van der Waals surface area contributed by atoms with E-state index in [2.05, 4.69) is 19.1 Å². The van der Waals surface area contributed by atoms with Crippen LogP contribution in [0.5, 0.6) is 0 Å². The van der Waals surface area contributed by atoms with E-state index in [9.17, 15) is 4.79 Å². The minimum Gasteiger partial charge on any atom is -0.469 e. The van der Waals surface area contributed by atoms with Gasteiger partial charge in [-0.2, -0.15) is 0 Å². The summed E-state index contributed by atoms with van der Waals surface area (Å²) >= 11 is 0. The normalized spacial score (nSPS) is 19.7. The van der Waals surface area contributed by atoms with Crippen molar-refractivity contribution >= 4 is 5.91 Å². The Morgan fingerprint density at radius 1 is 1.29 bits per heavy atom. The molecule has 1 aliphatic heterocycles. The number of carbonyl (C=O) groups excluding carboxylic acids is 1. The van der Waals surface area contributed by atoms with Gasteiger partial charge in [-0.1, -0.05) is 37.3 Å². The molecule has 0 spiro atoms. The molecule has 0 aliphatic carbocycles. The van der Waals surface area contributed by atoms with Gasteiger partial charge in [-0.05, 0) is 30.0 Å².